The van der Waals surface area contributed by atoms with Crippen molar-refractivity contribution in [3.8, 4) is 0 Å². The zero-order valence-corrected chi connectivity index (χ0v) is 11.7. The molecule has 0 aliphatic rings. The Morgan fingerprint density at radius 3 is 2.14 bits per heavy atom. The molecule has 0 saturated carbocycles. The van der Waals surface area contributed by atoms with Gasteiger partial charge in [-0.1, -0.05) is 0 Å². The molecule has 0 spiro atoms. The summed E-state index contributed by atoms with van der Waals surface area (Å²) in [7, 11) is 1.29. The van der Waals surface area contributed by atoms with Gasteiger partial charge in [0, 0.05) is 7.05 Å². The molecule has 0 fully saturated rings. The fourth-order valence-corrected chi connectivity index (χ4v) is 1.35. The van der Waals surface area contributed by atoms with Gasteiger partial charge in [0.1, 0.15) is 0 Å². The molecule has 9 heteroatoms. The number of carbonyl (C=O) groups excluding carboxylic acids is 3. The number of benzene rings is 1. The third kappa shape index (κ3) is 4.76. The van der Waals surface area contributed by atoms with E-state index in [-0.39, 0.29) is 5.56 Å². The van der Waals surface area contributed by atoms with Crippen molar-refractivity contribution in [2.45, 2.75) is 19.2 Å². The normalized spacial score (nSPS) is 12.2. The highest BCUT2D eigenvalue weighted by molar-refractivity contribution is 5.98. The van der Waals surface area contributed by atoms with E-state index < -0.39 is 35.8 Å². The molecule has 1 aromatic carbocycles. The largest absolute Gasteiger partial charge is 0.449 e. The number of carbonyl (C=O) groups is 3. The number of urea groups is 1. The summed E-state index contributed by atoms with van der Waals surface area (Å²) in [6, 6.07) is 2.56. The monoisotopic (exact) mass is 318 g/mol. The number of halogens is 3. The maximum absolute atomic E-state index is 12.4. The third-order valence-electron chi connectivity index (χ3n) is 2.56. The quantitative estimate of drug-likeness (QED) is 0.831. The molecule has 0 aliphatic heterocycles. The van der Waals surface area contributed by atoms with Gasteiger partial charge in [-0.05, 0) is 31.2 Å². The predicted molar refractivity (Wildman–Crippen MR) is 68.9 cm³/mol. The van der Waals surface area contributed by atoms with Crippen molar-refractivity contribution in [1.29, 1.82) is 0 Å². The number of amides is 3. The predicted octanol–water partition coefficient (Wildman–Crippen LogP) is 1.71. The van der Waals surface area contributed by atoms with Gasteiger partial charge < -0.3 is 10.1 Å². The zero-order chi connectivity index (χ0) is 16.9. The molecule has 1 atom stereocenters. The topological polar surface area (TPSA) is 84.5 Å². The minimum atomic E-state index is -4.51. The number of hydrogen-bond donors (Lipinski definition) is 2. The molecule has 2 N–H and O–H groups in total. The minimum Gasteiger partial charge on any atom is -0.449 e. The Morgan fingerprint density at radius 2 is 1.68 bits per heavy atom. The molecule has 0 radical (unpaired) electrons. The number of hydrogen-bond acceptors (Lipinski definition) is 4. The van der Waals surface area contributed by atoms with Crippen LogP contribution in [0.2, 0.25) is 0 Å². The first-order valence-electron chi connectivity index (χ1n) is 6.06. The first-order valence-corrected chi connectivity index (χ1v) is 6.06. The summed E-state index contributed by atoms with van der Waals surface area (Å²) in [5.74, 6) is -1.84. The Kier molecular flexibility index (Phi) is 5.50. The Hall–Kier alpha value is -2.58. The molecule has 3 amide bonds. The molecule has 0 heterocycles. The van der Waals surface area contributed by atoms with Crippen LogP contribution in [0.3, 0.4) is 0 Å². The molecule has 1 rings (SSSR count). The van der Waals surface area contributed by atoms with Gasteiger partial charge in [0.15, 0.2) is 6.10 Å². The maximum atomic E-state index is 12.4. The van der Waals surface area contributed by atoms with Gasteiger partial charge in [-0.15, -0.1) is 0 Å². The van der Waals surface area contributed by atoms with E-state index in [0.717, 1.165) is 24.3 Å². The summed E-state index contributed by atoms with van der Waals surface area (Å²) in [4.78, 5) is 34.1. The van der Waals surface area contributed by atoms with Gasteiger partial charge in [0.05, 0.1) is 11.1 Å². The van der Waals surface area contributed by atoms with E-state index in [4.69, 9.17) is 4.74 Å². The average molecular weight is 318 g/mol. The van der Waals surface area contributed by atoms with Crippen LogP contribution >= 0.6 is 0 Å². The van der Waals surface area contributed by atoms with E-state index in [2.05, 4.69) is 5.32 Å². The molecule has 0 aliphatic carbocycles. The van der Waals surface area contributed by atoms with Crippen molar-refractivity contribution >= 4 is 17.9 Å². The first-order chi connectivity index (χ1) is 10.1. The summed E-state index contributed by atoms with van der Waals surface area (Å²) in [5.41, 5.74) is -1.05. The summed E-state index contributed by atoms with van der Waals surface area (Å²) in [6.07, 6.45) is -5.80. The molecule has 0 unspecified atom stereocenters. The molecule has 22 heavy (non-hydrogen) atoms. The standard InChI is InChI=1S/C13H13F3N2O4/c1-7(10(19)18-12(21)17-2)22-11(20)8-3-5-9(6-4-8)13(14,15)16/h3-7H,1-2H3,(H2,17,18,19,21)/t7-/m1/s1. The highest BCUT2D eigenvalue weighted by Gasteiger charge is 2.30. The second-order valence-electron chi connectivity index (χ2n) is 4.19. The second kappa shape index (κ2) is 6.92. The summed E-state index contributed by atoms with van der Waals surface area (Å²) >= 11 is 0. The van der Waals surface area contributed by atoms with Gasteiger partial charge in [0.2, 0.25) is 0 Å². The number of imide groups is 1. The van der Waals surface area contributed by atoms with Crippen LogP contribution in [0.4, 0.5) is 18.0 Å². The number of nitrogens with one attached hydrogen (secondary N) is 2. The molecule has 1 aromatic rings. The van der Waals surface area contributed by atoms with E-state index in [1.165, 1.54) is 14.0 Å². The van der Waals surface area contributed by atoms with Crippen LogP contribution in [-0.4, -0.2) is 31.1 Å². The number of alkyl halides is 3. The van der Waals surface area contributed by atoms with Crippen molar-refractivity contribution in [1.82, 2.24) is 10.6 Å². The summed E-state index contributed by atoms with van der Waals surface area (Å²) < 4.78 is 41.9. The summed E-state index contributed by atoms with van der Waals surface area (Å²) in [5, 5.41) is 4.04. The lowest BCUT2D eigenvalue weighted by molar-refractivity contribution is -0.137. The highest BCUT2D eigenvalue weighted by atomic mass is 19.4. The van der Waals surface area contributed by atoms with E-state index in [1.807, 2.05) is 5.32 Å². The maximum Gasteiger partial charge on any atom is 0.416 e. The van der Waals surface area contributed by atoms with Crippen LogP contribution in [0.25, 0.3) is 0 Å². The lowest BCUT2D eigenvalue weighted by atomic mass is 10.1. The smallest absolute Gasteiger partial charge is 0.416 e. The van der Waals surface area contributed by atoms with Crippen LogP contribution in [0.5, 0.6) is 0 Å². The van der Waals surface area contributed by atoms with Crippen LogP contribution < -0.4 is 10.6 Å². The molecule has 0 saturated heterocycles. The summed E-state index contributed by atoms with van der Waals surface area (Å²) in [6.45, 7) is 1.22. The Labute approximate surface area is 123 Å². The Morgan fingerprint density at radius 1 is 1.14 bits per heavy atom. The van der Waals surface area contributed by atoms with Crippen LogP contribution in [0.15, 0.2) is 24.3 Å². The highest BCUT2D eigenvalue weighted by Crippen LogP contribution is 2.29. The van der Waals surface area contributed by atoms with Gasteiger partial charge in [-0.25, -0.2) is 9.59 Å². The van der Waals surface area contributed by atoms with Crippen LogP contribution in [0, 0.1) is 0 Å². The van der Waals surface area contributed by atoms with Gasteiger partial charge in [-0.3, -0.25) is 10.1 Å². The third-order valence-corrected chi connectivity index (χ3v) is 2.56. The number of ether oxygens (including phenoxy) is 1. The van der Waals surface area contributed by atoms with Crippen molar-refractivity contribution in [3.63, 3.8) is 0 Å². The lowest BCUT2D eigenvalue weighted by Crippen LogP contribution is -2.43. The first kappa shape index (κ1) is 17.5. The van der Waals surface area contributed by atoms with Crippen LogP contribution in [0.1, 0.15) is 22.8 Å². The van der Waals surface area contributed by atoms with Gasteiger partial charge in [-0.2, -0.15) is 13.2 Å². The van der Waals surface area contributed by atoms with Crippen molar-refractivity contribution in [2.24, 2.45) is 0 Å². The number of esters is 1. The van der Waals surface area contributed by atoms with E-state index >= 15 is 0 Å². The fourth-order valence-electron chi connectivity index (χ4n) is 1.35. The second-order valence-corrected chi connectivity index (χ2v) is 4.19. The van der Waals surface area contributed by atoms with Crippen molar-refractivity contribution < 1.29 is 32.3 Å². The molecule has 0 aromatic heterocycles. The molecular formula is C13H13F3N2O4. The molecule has 0 bridgehead atoms. The van der Waals surface area contributed by atoms with Crippen LogP contribution in [-0.2, 0) is 15.7 Å². The average Bonchev–Trinajstić information content (AvgIpc) is 2.46. The lowest BCUT2D eigenvalue weighted by Gasteiger charge is -2.13. The van der Waals surface area contributed by atoms with Crippen molar-refractivity contribution in [3.05, 3.63) is 35.4 Å². The Balaban J connectivity index is 2.69. The van der Waals surface area contributed by atoms with E-state index in [9.17, 15) is 27.6 Å². The molecule has 6 nitrogen and oxygen atoms in total. The van der Waals surface area contributed by atoms with E-state index in [1.54, 1.807) is 0 Å². The van der Waals surface area contributed by atoms with Gasteiger partial charge >= 0.3 is 18.2 Å². The Bertz CT molecular complexity index is 570. The fraction of sp³-hybridized carbons (Fsp3) is 0.308. The molecular weight excluding hydrogens is 305 g/mol. The zero-order valence-electron chi connectivity index (χ0n) is 11.7. The number of rotatable bonds is 3. The van der Waals surface area contributed by atoms with Crippen molar-refractivity contribution in [2.75, 3.05) is 7.05 Å². The van der Waals surface area contributed by atoms with Gasteiger partial charge in [0.25, 0.3) is 5.91 Å². The SMILES string of the molecule is CNC(=O)NC(=O)[C@@H](C)OC(=O)c1ccc(C(F)(F)F)cc1. The molecule has 120 valence electrons. The minimum absolute atomic E-state index is 0.146. The van der Waals surface area contributed by atoms with E-state index in [0.29, 0.717) is 0 Å².